The van der Waals surface area contributed by atoms with Gasteiger partial charge < -0.3 is 10.6 Å². The predicted molar refractivity (Wildman–Crippen MR) is 51.5 cm³/mol. The van der Waals surface area contributed by atoms with Crippen molar-refractivity contribution in [3.63, 3.8) is 0 Å². The third-order valence-corrected chi connectivity index (χ3v) is 1.89. The van der Waals surface area contributed by atoms with Gasteiger partial charge in [-0.1, -0.05) is 6.07 Å². The van der Waals surface area contributed by atoms with Crippen LogP contribution in [0.4, 0.5) is 19.0 Å². The van der Waals surface area contributed by atoms with E-state index >= 15 is 0 Å². The molecule has 0 bridgehead atoms. The van der Waals surface area contributed by atoms with Gasteiger partial charge in [-0.25, -0.2) is 4.98 Å². The van der Waals surface area contributed by atoms with Gasteiger partial charge in [-0.3, -0.25) is 0 Å². The number of hydrogen-bond donors (Lipinski definition) is 1. The molecule has 0 aromatic carbocycles. The molecule has 0 amide bonds. The maximum atomic E-state index is 12.4. The van der Waals surface area contributed by atoms with Gasteiger partial charge in [0.2, 0.25) is 0 Å². The molecule has 0 saturated heterocycles. The Balaban J connectivity index is 3.22. The number of pyridine rings is 1. The third-order valence-electron chi connectivity index (χ3n) is 1.89. The van der Waals surface area contributed by atoms with Crippen LogP contribution in [0.5, 0.6) is 0 Å². The number of alkyl halides is 3. The summed E-state index contributed by atoms with van der Waals surface area (Å²) in [6, 6.07) is 2.29. The van der Waals surface area contributed by atoms with Gasteiger partial charge in [0.05, 0.1) is 0 Å². The predicted octanol–water partition coefficient (Wildman–Crippen LogP) is 1.63. The molecule has 1 heterocycles. The molecule has 15 heavy (non-hydrogen) atoms. The van der Waals surface area contributed by atoms with Crippen LogP contribution in [0, 0.1) is 0 Å². The molecule has 0 spiro atoms. The van der Waals surface area contributed by atoms with E-state index in [4.69, 9.17) is 5.73 Å². The Bertz CT molecular complexity index is 347. The summed E-state index contributed by atoms with van der Waals surface area (Å²) in [7, 11) is 3.25. The van der Waals surface area contributed by atoms with Crippen molar-refractivity contribution in [2.75, 3.05) is 19.0 Å². The minimum absolute atomic E-state index is 0.165. The molecule has 0 unspecified atom stereocenters. The van der Waals surface area contributed by atoms with Gasteiger partial charge >= 0.3 is 6.18 Å². The summed E-state index contributed by atoms with van der Waals surface area (Å²) in [5.74, 6) is 0.257. The van der Waals surface area contributed by atoms with E-state index in [-0.39, 0.29) is 12.4 Å². The van der Waals surface area contributed by atoms with Gasteiger partial charge in [0.1, 0.15) is 11.5 Å². The van der Waals surface area contributed by atoms with Gasteiger partial charge in [0, 0.05) is 26.2 Å². The first-order valence-electron chi connectivity index (χ1n) is 4.30. The summed E-state index contributed by atoms with van der Waals surface area (Å²) in [6.07, 6.45) is -4.42. The lowest BCUT2D eigenvalue weighted by atomic mass is 10.2. The largest absolute Gasteiger partial charge is 0.433 e. The highest BCUT2D eigenvalue weighted by molar-refractivity contribution is 5.46. The highest BCUT2D eigenvalue weighted by Gasteiger charge is 2.33. The second-order valence-corrected chi connectivity index (χ2v) is 3.28. The van der Waals surface area contributed by atoms with Gasteiger partial charge in [-0.2, -0.15) is 13.2 Å². The van der Waals surface area contributed by atoms with Crippen LogP contribution in [-0.2, 0) is 12.7 Å². The Kier molecular flexibility index (Phi) is 3.18. The number of nitrogens with two attached hydrogens (primary N) is 1. The summed E-state index contributed by atoms with van der Waals surface area (Å²) in [5, 5.41) is 0. The van der Waals surface area contributed by atoms with E-state index in [1.54, 1.807) is 14.1 Å². The number of aromatic nitrogens is 1. The monoisotopic (exact) mass is 219 g/mol. The van der Waals surface area contributed by atoms with Crippen LogP contribution in [0.25, 0.3) is 0 Å². The molecule has 1 aromatic heterocycles. The fourth-order valence-electron chi connectivity index (χ4n) is 1.18. The molecule has 0 saturated carbocycles. The van der Waals surface area contributed by atoms with Crippen LogP contribution in [0.1, 0.15) is 11.3 Å². The van der Waals surface area contributed by atoms with Crippen molar-refractivity contribution in [2.24, 2.45) is 5.73 Å². The molecule has 1 rings (SSSR count). The number of nitrogens with zero attached hydrogens (tertiary/aromatic N) is 2. The summed E-state index contributed by atoms with van der Waals surface area (Å²) in [4.78, 5) is 5.05. The van der Waals surface area contributed by atoms with Gasteiger partial charge in [0.25, 0.3) is 0 Å². The van der Waals surface area contributed by atoms with E-state index in [0.717, 1.165) is 6.07 Å². The number of hydrogen-bond acceptors (Lipinski definition) is 3. The fourth-order valence-corrected chi connectivity index (χ4v) is 1.18. The average molecular weight is 219 g/mol. The molecule has 0 aliphatic rings. The zero-order valence-corrected chi connectivity index (χ0v) is 8.47. The zero-order chi connectivity index (χ0) is 11.6. The zero-order valence-electron chi connectivity index (χ0n) is 8.47. The van der Waals surface area contributed by atoms with E-state index in [0.29, 0.717) is 5.56 Å². The Labute approximate surface area is 85.7 Å². The van der Waals surface area contributed by atoms with Crippen LogP contribution >= 0.6 is 0 Å². The summed E-state index contributed by atoms with van der Waals surface area (Å²) >= 11 is 0. The maximum absolute atomic E-state index is 12.4. The van der Waals surface area contributed by atoms with Crippen LogP contribution in [0.15, 0.2) is 12.1 Å². The second-order valence-electron chi connectivity index (χ2n) is 3.28. The van der Waals surface area contributed by atoms with E-state index < -0.39 is 11.9 Å². The molecular weight excluding hydrogens is 207 g/mol. The molecule has 6 heteroatoms. The van der Waals surface area contributed by atoms with E-state index in [2.05, 4.69) is 4.98 Å². The van der Waals surface area contributed by atoms with E-state index in [1.165, 1.54) is 11.0 Å². The Morgan fingerprint density at radius 1 is 1.33 bits per heavy atom. The Morgan fingerprint density at radius 3 is 2.33 bits per heavy atom. The number of anilines is 1. The smallest absolute Gasteiger partial charge is 0.362 e. The molecule has 2 N–H and O–H groups in total. The highest BCUT2D eigenvalue weighted by Crippen LogP contribution is 2.29. The van der Waals surface area contributed by atoms with Crippen molar-refractivity contribution >= 4 is 5.82 Å². The summed E-state index contributed by atoms with van der Waals surface area (Å²) in [5.41, 5.74) is 5.09. The number of rotatable bonds is 2. The van der Waals surface area contributed by atoms with E-state index in [1.807, 2.05) is 0 Å². The topological polar surface area (TPSA) is 42.2 Å². The van der Waals surface area contributed by atoms with Crippen molar-refractivity contribution in [1.29, 1.82) is 0 Å². The molecule has 0 aliphatic heterocycles. The standard InChI is InChI=1S/C9H12F3N3/c1-15(2)8-6(5-13)3-4-7(14-8)9(10,11)12/h3-4H,5,13H2,1-2H3. The second kappa shape index (κ2) is 4.06. The van der Waals surface area contributed by atoms with Crippen molar-refractivity contribution in [1.82, 2.24) is 4.98 Å². The fraction of sp³-hybridized carbons (Fsp3) is 0.444. The lowest BCUT2D eigenvalue weighted by Crippen LogP contribution is -2.18. The van der Waals surface area contributed by atoms with Crippen molar-refractivity contribution in [3.05, 3.63) is 23.4 Å². The van der Waals surface area contributed by atoms with Crippen molar-refractivity contribution in [2.45, 2.75) is 12.7 Å². The third kappa shape index (κ3) is 2.59. The molecule has 1 aromatic rings. The van der Waals surface area contributed by atoms with Gasteiger partial charge in [-0.05, 0) is 6.07 Å². The molecule has 0 atom stereocenters. The normalized spacial score (nSPS) is 11.6. The SMILES string of the molecule is CN(C)c1nc(C(F)(F)F)ccc1CN. The first kappa shape index (κ1) is 11.8. The average Bonchev–Trinajstić information content (AvgIpc) is 2.15. The van der Waals surface area contributed by atoms with Crippen LogP contribution < -0.4 is 10.6 Å². The maximum Gasteiger partial charge on any atom is 0.433 e. The van der Waals surface area contributed by atoms with Gasteiger partial charge in [-0.15, -0.1) is 0 Å². The molecule has 0 fully saturated rings. The molecule has 0 radical (unpaired) electrons. The summed E-state index contributed by atoms with van der Waals surface area (Å²) < 4.78 is 37.1. The van der Waals surface area contributed by atoms with Crippen molar-refractivity contribution < 1.29 is 13.2 Å². The van der Waals surface area contributed by atoms with Crippen LogP contribution in [0.2, 0.25) is 0 Å². The molecule has 84 valence electrons. The Morgan fingerprint density at radius 2 is 1.93 bits per heavy atom. The van der Waals surface area contributed by atoms with Crippen molar-refractivity contribution in [3.8, 4) is 0 Å². The van der Waals surface area contributed by atoms with Crippen LogP contribution in [0.3, 0.4) is 0 Å². The molecule has 3 nitrogen and oxygen atoms in total. The minimum Gasteiger partial charge on any atom is -0.362 e. The van der Waals surface area contributed by atoms with Gasteiger partial charge in [0.15, 0.2) is 0 Å². The van der Waals surface area contributed by atoms with Crippen LogP contribution in [-0.4, -0.2) is 19.1 Å². The molecule has 0 aliphatic carbocycles. The lowest BCUT2D eigenvalue weighted by Gasteiger charge is -2.17. The number of halogens is 3. The van der Waals surface area contributed by atoms with E-state index in [9.17, 15) is 13.2 Å². The highest BCUT2D eigenvalue weighted by atomic mass is 19.4. The quantitative estimate of drug-likeness (QED) is 0.821. The Hall–Kier alpha value is -1.30. The first-order chi connectivity index (χ1) is 6.86. The molecular formula is C9H12F3N3. The first-order valence-corrected chi connectivity index (χ1v) is 4.30. The summed E-state index contributed by atoms with van der Waals surface area (Å²) in [6.45, 7) is 0.165. The lowest BCUT2D eigenvalue weighted by molar-refractivity contribution is -0.141. The minimum atomic E-state index is -4.42.